The van der Waals surface area contributed by atoms with E-state index in [9.17, 15) is 4.79 Å². The zero-order chi connectivity index (χ0) is 12.5. The van der Waals surface area contributed by atoms with Gasteiger partial charge in [-0.25, -0.2) is 0 Å². The number of amides is 1. The molecule has 0 saturated carbocycles. The highest BCUT2D eigenvalue weighted by atomic mass is 32.1. The van der Waals surface area contributed by atoms with Crippen molar-refractivity contribution in [3.8, 4) is 0 Å². The molecule has 18 heavy (non-hydrogen) atoms. The van der Waals surface area contributed by atoms with E-state index in [1.165, 1.54) is 11.3 Å². The first-order valence-electron chi connectivity index (χ1n) is 5.68. The first-order valence-corrected chi connectivity index (χ1v) is 6.50. The monoisotopic (exact) mass is 260 g/mol. The van der Waals surface area contributed by atoms with Crippen LogP contribution in [-0.4, -0.2) is 22.6 Å². The summed E-state index contributed by atoms with van der Waals surface area (Å²) in [6.07, 6.45) is 0.476. The third kappa shape index (κ3) is 1.95. The van der Waals surface area contributed by atoms with E-state index in [1.54, 1.807) is 4.90 Å². The van der Waals surface area contributed by atoms with Crippen molar-refractivity contribution in [2.24, 2.45) is 0 Å². The number of para-hydroxylation sites is 1. The van der Waals surface area contributed by atoms with E-state index < -0.39 is 0 Å². The SMILES string of the molecule is Nc1nnc([C@@H]2CC(=O)N(c3ccccc3)C2)s1. The van der Waals surface area contributed by atoms with Crippen molar-refractivity contribution in [2.75, 3.05) is 17.2 Å². The van der Waals surface area contributed by atoms with Gasteiger partial charge in [0, 0.05) is 24.6 Å². The van der Waals surface area contributed by atoms with Gasteiger partial charge in [-0.2, -0.15) is 0 Å². The maximum atomic E-state index is 12.0. The summed E-state index contributed by atoms with van der Waals surface area (Å²) in [6.45, 7) is 0.650. The Bertz CT molecular complexity index is 568. The highest BCUT2D eigenvalue weighted by Crippen LogP contribution is 2.33. The lowest BCUT2D eigenvalue weighted by Gasteiger charge is -2.15. The lowest BCUT2D eigenvalue weighted by Crippen LogP contribution is -2.24. The highest BCUT2D eigenvalue weighted by molar-refractivity contribution is 7.15. The van der Waals surface area contributed by atoms with Crippen LogP contribution >= 0.6 is 11.3 Å². The Kier molecular flexibility index (Phi) is 2.71. The van der Waals surface area contributed by atoms with Gasteiger partial charge in [-0.3, -0.25) is 4.79 Å². The molecule has 0 spiro atoms. The topological polar surface area (TPSA) is 72.1 Å². The summed E-state index contributed by atoms with van der Waals surface area (Å²) in [4.78, 5) is 13.8. The molecule has 1 aliphatic heterocycles. The standard InChI is InChI=1S/C12H12N4OS/c13-12-15-14-11(18-12)8-6-10(17)16(7-8)9-4-2-1-3-5-9/h1-5,8H,6-7H2,(H2,13,15)/t8-/m1/s1. The Morgan fingerprint density at radius 1 is 1.28 bits per heavy atom. The van der Waals surface area contributed by atoms with Crippen LogP contribution in [-0.2, 0) is 4.79 Å². The highest BCUT2D eigenvalue weighted by Gasteiger charge is 2.33. The minimum absolute atomic E-state index is 0.104. The van der Waals surface area contributed by atoms with Crippen molar-refractivity contribution in [3.63, 3.8) is 0 Å². The molecule has 1 aromatic heterocycles. The molecule has 1 atom stereocenters. The summed E-state index contributed by atoms with van der Waals surface area (Å²) >= 11 is 1.36. The van der Waals surface area contributed by atoms with Gasteiger partial charge in [0.25, 0.3) is 0 Å². The van der Waals surface area contributed by atoms with Crippen molar-refractivity contribution in [3.05, 3.63) is 35.3 Å². The minimum atomic E-state index is 0.104. The number of hydrogen-bond acceptors (Lipinski definition) is 5. The molecule has 92 valence electrons. The summed E-state index contributed by atoms with van der Waals surface area (Å²) in [5.74, 6) is 0.229. The second-order valence-electron chi connectivity index (χ2n) is 4.22. The lowest BCUT2D eigenvalue weighted by atomic mass is 10.1. The smallest absolute Gasteiger partial charge is 0.227 e. The zero-order valence-corrected chi connectivity index (χ0v) is 10.4. The van der Waals surface area contributed by atoms with Gasteiger partial charge in [-0.05, 0) is 12.1 Å². The quantitative estimate of drug-likeness (QED) is 0.891. The molecule has 1 aromatic carbocycles. The van der Waals surface area contributed by atoms with Gasteiger partial charge in [-0.15, -0.1) is 10.2 Å². The average molecular weight is 260 g/mol. The number of hydrogen-bond donors (Lipinski definition) is 1. The largest absolute Gasteiger partial charge is 0.374 e. The van der Waals surface area contributed by atoms with Crippen molar-refractivity contribution < 1.29 is 4.79 Å². The predicted octanol–water partition coefficient (Wildman–Crippen LogP) is 1.64. The molecule has 0 bridgehead atoms. The number of carbonyl (C=O) groups excluding carboxylic acids is 1. The Hall–Kier alpha value is -1.95. The van der Waals surface area contributed by atoms with Crippen LogP contribution in [0.1, 0.15) is 17.3 Å². The van der Waals surface area contributed by atoms with Crippen LogP contribution in [0.3, 0.4) is 0 Å². The van der Waals surface area contributed by atoms with E-state index in [-0.39, 0.29) is 11.8 Å². The Morgan fingerprint density at radius 2 is 2.06 bits per heavy atom. The van der Waals surface area contributed by atoms with E-state index in [2.05, 4.69) is 10.2 Å². The second kappa shape index (κ2) is 4.38. The maximum absolute atomic E-state index is 12.0. The zero-order valence-electron chi connectivity index (χ0n) is 9.61. The van der Waals surface area contributed by atoms with Crippen LogP contribution in [0.5, 0.6) is 0 Å². The summed E-state index contributed by atoms with van der Waals surface area (Å²) in [5, 5.41) is 9.13. The van der Waals surface area contributed by atoms with Crippen LogP contribution in [0.2, 0.25) is 0 Å². The summed E-state index contributed by atoms with van der Waals surface area (Å²) in [5.41, 5.74) is 6.51. The van der Waals surface area contributed by atoms with Crippen LogP contribution < -0.4 is 10.6 Å². The van der Waals surface area contributed by atoms with Crippen LogP contribution in [0.4, 0.5) is 10.8 Å². The molecule has 1 saturated heterocycles. The third-order valence-corrected chi connectivity index (χ3v) is 3.91. The molecular formula is C12H12N4OS. The molecule has 1 fully saturated rings. The summed E-state index contributed by atoms with van der Waals surface area (Å²) in [6, 6.07) is 9.67. The fourth-order valence-corrected chi connectivity index (χ4v) is 2.84. The van der Waals surface area contributed by atoms with E-state index in [1.807, 2.05) is 30.3 Å². The Morgan fingerprint density at radius 3 is 2.72 bits per heavy atom. The van der Waals surface area contributed by atoms with E-state index in [0.29, 0.717) is 18.1 Å². The van der Waals surface area contributed by atoms with Gasteiger partial charge in [0.15, 0.2) is 0 Å². The molecule has 6 heteroatoms. The van der Waals surface area contributed by atoms with Crippen molar-refractivity contribution >= 4 is 28.1 Å². The van der Waals surface area contributed by atoms with Crippen LogP contribution in [0, 0.1) is 0 Å². The summed E-state index contributed by atoms with van der Waals surface area (Å²) < 4.78 is 0. The van der Waals surface area contributed by atoms with Gasteiger partial charge in [-0.1, -0.05) is 29.5 Å². The second-order valence-corrected chi connectivity index (χ2v) is 5.26. The molecule has 1 amide bonds. The fourth-order valence-electron chi connectivity index (χ4n) is 2.14. The molecule has 2 aromatic rings. The van der Waals surface area contributed by atoms with Crippen LogP contribution in [0.25, 0.3) is 0 Å². The van der Waals surface area contributed by atoms with E-state index in [0.717, 1.165) is 10.7 Å². The normalized spacial score (nSPS) is 19.4. The van der Waals surface area contributed by atoms with Gasteiger partial charge in [0.05, 0.1) is 0 Å². The first-order chi connectivity index (χ1) is 8.74. The number of nitrogens with two attached hydrogens (primary N) is 1. The van der Waals surface area contributed by atoms with Crippen molar-refractivity contribution in [1.82, 2.24) is 10.2 Å². The number of anilines is 2. The maximum Gasteiger partial charge on any atom is 0.227 e. The van der Waals surface area contributed by atoms with Crippen molar-refractivity contribution in [1.29, 1.82) is 0 Å². The first kappa shape index (κ1) is 11.2. The van der Waals surface area contributed by atoms with Gasteiger partial charge < -0.3 is 10.6 Å². The number of carbonyl (C=O) groups is 1. The van der Waals surface area contributed by atoms with Gasteiger partial charge in [0.1, 0.15) is 5.01 Å². The number of nitrogen functional groups attached to an aromatic ring is 1. The molecule has 0 radical (unpaired) electrons. The fraction of sp³-hybridized carbons (Fsp3) is 0.250. The Balaban J connectivity index is 1.83. The molecular weight excluding hydrogens is 248 g/mol. The Labute approximate surface area is 108 Å². The average Bonchev–Trinajstić information content (AvgIpc) is 2.97. The van der Waals surface area contributed by atoms with Crippen LogP contribution in [0.15, 0.2) is 30.3 Å². The van der Waals surface area contributed by atoms with Gasteiger partial charge >= 0.3 is 0 Å². The summed E-state index contributed by atoms with van der Waals surface area (Å²) in [7, 11) is 0. The third-order valence-electron chi connectivity index (χ3n) is 3.00. The number of nitrogens with zero attached hydrogens (tertiary/aromatic N) is 3. The molecule has 3 rings (SSSR count). The van der Waals surface area contributed by atoms with E-state index in [4.69, 9.17) is 5.73 Å². The van der Waals surface area contributed by atoms with Crippen molar-refractivity contribution in [2.45, 2.75) is 12.3 Å². The lowest BCUT2D eigenvalue weighted by molar-refractivity contribution is -0.117. The minimum Gasteiger partial charge on any atom is -0.374 e. The molecule has 1 aliphatic rings. The van der Waals surface area contributed by atoms with E-state index >= 15 is 0 Å². The molecule has 0 aliphatic carbocycles. The molecule has 2 heterocycles. The number of rotatable bonds is 2. The van der Waals surface area contributed by atoms with Gasteiger partial charge in [0.2, 0.25) is 11.0 Å². The molecule has 2 N–H and O–H groups in total. The number of benzene rings is 1. The number of aromatic nitrogens is 2. The molecule has 5 nitrogen and oxygen atoms in total. The predicted molar refractivity (Wildman–Crippen MR) is 70.5 cm³/mol. The molecule has 0 unspecified atom stereocenters.